The third-order valence-electron chi connectivity index (χ3n) is 5.65. The van der Waals surface area contributed by atoms with E-state index in [4.69, 9.17) is 9.60 Å². The third-order valence-corrected chi connectivity index (χ3v) is 6.85. The van der Waals surface area contributed by atoms with Gasteiger partial charge in [-0.15, -0.1) is 0 Å². The maximum Gasteiger partial charge on any atom is 0.255 e. The van der Waals surface area contributed by atoms with E-state index in [-0.39, 0.29) is 17.0 Å². The van der Waals surface area contributed by atoms with E-state index >= 15 is 0 Å². The molecule has 2 N–H and O–H groups in total. The van der Waals surface area contributed by atoms with E-state index in [1.54, 1.807) is 6.92 Å². The van der Waals surface area contributed by atoms with Gasteiger partial charge in [0.1, 0.15) is 5.65 Å². The molecular formula is C20H29N5O4S. The van der Waals surface area contributed by atoms with Crippen LogP contribution in [0.15, 0.2) is 17.1 Å². The summed E-state index contributed by atoms with van der Waals surface area (Å²) in [6.07, 6.45) is -1.21. The molecule has 0 unspecified atom stereocenters. The summed E-state index contributed by atoms with van der Waals surface area (Å²) in [6.45, 7) is -2.35. The standard InChI is InChI=1S/C20H29N5O4S/c1-13-11-14-12-21-19(22-15-6-9-24(10-7-15)30(3,28)29)23-17(14)25(18(13)26)16-5-4-8-20(16,2)27/h11-12,15-16,27H,4-10H2,1-3H3,(H,21,22,23)/t16-,20-/m1/s1/i1D3,6D2,7D2. The van der Waals surface area contributed by atoms with E-state index in [1.807, 2.05) is 0 Å². The molecule has 1 aliphatic heterocycles. The molecule has 2 fully saturated rings. The van der Waals surface area contributed by atoms with E-state index in [0.29, 0.717) is 19.3 Å². The second kappa shape index (κ2) is 7.58. The number of aryl methyl sites for hydroxylation is 1. The van der Waals surface area contributed by atoms with Gasteiger partial charge in [-0.05, 0) is 51.9 Å². The Morgan fingerprint density at radius 1 is 1.40 bits per heavy atom. The average Bonchev–Trinajstić information content (AvgIpc) is 3.06. The van der Waals surface area contributed by atoms with Gasteiger partial charge in [-0.3, -0.25) is 9.36 Å². The molecule has 1 saturated carbocycles. The number of fused-ring (bicyclic) bond motifs is 1. The molecule has 2 aromatic heterocycles. The first-order chi connectivity index (χ1) is 16.7. The summed E-state index contributed by atoms with van der Waals surface area (Å²) in [5.41, 5.74) is -2.59. The lowest BCUT2D eigenvalue weighted by Crippen LogP contribution is -2.42. The van der Waals surface area contributed by atoms with Crippen molar-refractivity contribution in [2.75, 3.05) is 24.7 Å². The van der Waals surface area contributed by atoms with Gasteiger partial charge < -0.3 is 10.4 Å². The van der Waals surface area contributed by atoms with Gasteiger partial charge in [-0.2, -0.15) is 4.98 Å². The Morgan fingerprint density at radius 2 is 2.13 bits per heavy atom. The second-order valence-electron chi connectivity index (χ2n) is 7.99. The minimum absolute atomic E-state index is 0.0115. The van der Waals surface area contributed by atoms with Crippen molar-refractivity contribution in [3.8, 4) is 0 Å². The zero-order chi connectivity index (χ0) is 27.8. The minimum atomic E-state index is -3.85. The van der Waals surface area contributed by atoms with Crippen LogP contribution in [0.5, 0.6) is 0 Å². The number of aliphatic hydroxyl groups is 1. The summed E-state index contributed by atoms with van der Waals surface area (Å²) in [5.74, 6) is -0.231. The third kappa shape index (κ3) is 3.95. The molecule has 0 amide bonds. The van der Waals surface area contributed by atoms with E-state index in [9.17, 15) is 18.3 Å². The molecule has 0 spiro atoms. The van der Waals surface area contributed by atoms with Crippen molar-refractivity contribution in [2.45, 2.75) is 63.5 Å². The highest BCUT2D eigenvalue weighted by Crippen LogP contribution is 2.39. The van der Waals surface area contributed by atoms with Crippen molar-refractivity contribution >= 4 is 27.0 Å². The van der Waals surface area contributed by atoms with Crippen molar-refractivity contribution in [1.82, 2.24) is 18.8 Å². The van der Waals surface area contributed by atoms with Gasteiger partial charge in [0.05, 0.1) is 17.9 Å². The molecule has 9 nitrogen and oxygen atoms in total. The lowest BCUT2D eigenvalue weighted by molar-refractivity contribution is 0.0266. The Morgan fingerprint density at radius 3 is 2.73 bits per heavy atom. The highest BCUT2D eigenvalue weighted by molar-refractivity contribution is 7.88. The highest BCUT2D eigenvalue weighted by atomic mass is 32.2. The maximum absolute atomic E-state index is 13.4. The number of nitrogens with one attached hydrogen (secondary N) is 1. The molecule has 10 heteroatoms. The largest absolute Gasteiger partial charge is 0.388 e. The fraction of sp³-hybridized carbons (Fsp3) is 0.650. The van der Waals surface area contributed by atoms with Crippen LogP contribution in [-0.2, 0) is 10.0 Å². The molecule has 0 aromatic carbocycles. The molecule has 0 radical (unpaired) electrons. The lowest BCUT2D eigenvalue weighted by atomic mass is 9.99. The van der Waals surface area contributed by atoms with Crippen molar-refractivity contribution in [3.05, 3.63) is 28.2 Å². The number of anilines is 1. The predicted octanol–water partition coefficient (Wildman–Crippen LogP) is 1.41. The Labute approximate surface area is 186 Å². The first-order valence-corrected chi connectivity index (χ1v) is 11.5. The Kier molecular flexibility index (Phi) is 3.56. The van der Waals surface area contributed by atoms with Gasteiger partial charge in [-0.25, -0.2) is 17.7 Å². The molecule has 2 aliphatic rings. The van der Waals surface area contributed by atoms with Gasteiger partial charge in [0, 0.05) is 45.9 Å². The average molecular weight is 443 g/mol. The number of hydrogen-bond donors (Lipinski definition) is 2. The van der Waals surface area contributed by atoms with Crippen LogP contribution in [0.3, 0.4) is 0 Å². The number of piperidine rings is 1. The summed E-state index contributed by atoms with van der Waals surface area (Å²) in [4.78, 5) is 21.8. The number of rotatable bonds is 4. The summed E-state index contributed by atoms with van der Waals surface area (Å²) in [6, 6.07) is -1.16. The van der Waals surface area contributed by atoms with Crippen LogP contribution in [-0.4, -0.2) is 63.4 Å². The van der Waals surface area contributed by atoms with Gasteiger partial charge in [0.25, 0.3) is 5.56 Å². The topological polar surface area (TPSA) is 117 Å². The maximum atomic E-state index is 13.4. The molecular weight excluding hydrogens is 406 g/mol. The molecule has 164 valence electrons. The van der Waals surface area contributed by atoms with Gasteiger partial charge in [-0.1, -0.05) is 0 Å². The van der Waals surface area contributed by atoms with Crippen LogP contribution in [0.1, 0.15) is 60.1 Å². The summed E-state index contributed by atoms with van der Waals surface area (Å²) < 4.78 is 82.7. The van der Waals surface area contributed by atoms with Gasteiger partial charge >= 0.3 is 0 Å². The summed E-state index contributed by atoms with van der Waals surface area (Å²) >= 11 is 0. The summed E-state index contributed by atoms with van der Waals surface area (Å²) in [5, 5.41) is 13.8. The van der Waals surface area contributed by atoms with Crippen LogP contribution in [0.25, 0.3) is 11.0 Å². The van der Waals surface area contributed by atoms with Crippen LogP contribution in [0, 0.1) is 6.85 Å². The zero-order valence-corrected chi connectivity index (χ0v) is 17.5. The first-order valence-electron chi connectivity index (χ1n) is 13.1. The minimum Gasteiger partial charge on any atom is -0.388 e. The van der Waals surface area contributed by atoms with Crippen LogP contribution >= 0.6 is 0 Å². The fourth-order valence-electron chi connectivity index (χ4n) is 4.00. The molecule has 1 aliphatic carbocycles. The number of nitrogens with zero attached hydrogens (tertiary/aromatic N) is 4. The Bertz CT molecular complexity index is 1380. The molecule has 1 saturated heterocycles. The summed E-state index contributed by atoms with van der Waals surface area (Å²) in [7, 11) is -3.85. The van der Waals surface area contributed by atoms with E-state index in [0.717, 1.165) is 21.2 Å². The number of hydrogen-bond acceptors (Lipinski definition) is 7. The normalized spacial score (nSPS) is 33.6. The van der Waals surface area contributed by atoms with Crippen molar-refractivity contribution < 1.29 is 23.1 Å². The van der Waals surface area contributed by atoms with Crippen LogP contribution < -0.4 is 10.9 Å². The molecule has 0 bridgehead atoms. The fourth-order valence-corrected chi connectivity index (χ4v) is 4.61. The monoisotopic (exact) mass is 442 g/mol. The molecule has 30 heavy (non-hydrogen) atoms. The van der Waals surface area contributed by atoms with Crippen molar-refractivity contribution in [2.24, 2.45) is 0 Å². The lowest BCUT2D eigenvalue weighted by Gasteiger charge is -2.31. The van der Waals surface area contributed by atoms with E-state index < -0.39 is 71.5 Å². The molecule has 2 aromatic rings. The second-order valence-corrected chi connectivity index (χ2v) is 9.97. The smallest absolute Gasteiger partial charge is 0.255 e. The molecule has 2 atom stereocenters. The van der Waals surface area contributed by atoms with E-state index in [2.05, 4.69) is 15.3 Å². The number of pyridine rings is 1. The van der Waals surface area contributed by atoms with E-state index in [1.165, 1.54) is 6.20 Å². The molecule has 3 heterocycles. The Hall–Kier alpha value is -2.04. The van der Waals surface area contributed by atoms with Gasteiger partial charge in [0.15, 0.2) is 0 Å². The van der Waals surface area contributed by atoms with Gasteiger partial charge in [0.2, 0.25) is 16.0 Å². The van der Waals surface area contributed by atoms with Crippen molar-refractivity contribution in [3.63, 3.8) is 0 Å². The van der Waals surface area contributed by atoms with Crippen molar-refractivity contribution in [1.29, 1.82) is 0 Å². The molecule has 4 rings (SSSR count). The first kappa shape index (κ1) is 14.1. The van der Waals surface area contributed by atoms with Crippen LogP contribution in [0.4, 0.5) is 5.95 Å². The highest BCUT2D eigenvalue weighted by Gasteiger charge is 2.39. The van der Waals surface area contributed by atoms with Crippen LogP contribution in [0.2, 0.25) is 0 Å². The SMILES string of the molecule is [2H]C([2H])([2H])c1cc2cnc(NC3C([2H])([2H])CN(S(C)(=O)=O)CC3([2H])[2H])nc2n([C@@H]2CCC[C@@]2(C)O)c1=O. The number of sulfonamides is 1. The number of aromatic nitrogens is 3. The zero-order valence-electron chi connectivity index (χ0n) is 23.7. The Balaban J connectivity index is 1.83. The quantitative estimate of drug-likeness (QED) is 0.735. The predicted molar refractivity (Wildman–Crippen MR) is 115 cm³/mol.